The van der Waals surface area contributed by atoms with Gasteiger partial charge in [0.15, 0.2) is 6.10 Å². The zero-order valence-electron chi connectivity index (χ0n) is 13.4. The van der Waals surface area contributed by atoms with Crippen molar-refractivity contribution in [1.29, 1.82) is 0 Å². The molecular weight excluding hydrogens is 276 g/mol. The number of ether oxygens (including phenoxy) is 1. The van der Waals surface area contributed by atoms with Crippen molar-refractivity contribution in [1.82, 2.24) is 0 Å². The summed E-state index contributed by atoms with van der Waals surface area (Å²) in [4.78, 5) is 12.3. The van der Waals surface area contributed by atoms with E-state index in [-0.39, 0.29) is 5.91 Å². The Kier molecular flexibility index (Phi) is 4.71. The minimum absolute atomic E-state index is 0.186. The van der Waals surface area contributed by atoms with Crippen molar-refractivity contribution < 1.29 is 9.53 Å². The van der Waals surface area contributed by atoms with Gasteiger partial charge in [-0.15, -0.1) is 0 Å². The number of hydrogen-bond acceptors (Lipinski definition) is 3. The fraction of sp³-hybridized carbons (Fsp3) is 0.278. The molecule has 22 heavy (non-hydrogen) atoms. The number of aryl methyl sites for hydroxylation is 3. The van der Waals surface area contributed by atoms with Crippen LogP contribution in [-0.2, 0) is 4.79 Å². The molecule has 2 rings (SSSR count). The van der Waals surface area contributed by atoms with E-state index >= 15 is 0 Å². The molecule has 0 aromatic heterocycles. The maximum absolute atomic E-state index is 12.3. The normalized spacial score (nSPS) is 11.8. The first kappa shape index (κ1) is 15.9. The van der Waals surface area contributed by atoms with Gasteiger partial charge in [0.05, 0.1) is 0 Å². The molecule has 0 saturated carbocycles. The van der Waals surface area contributed by atoms with Crippen LogP contribution >= 0.6 is 0 Å². The Balaban J connectivity index is 2.07. The SMILES string of the molecule is Cc1ccc(C)c(O[C@@H](C)C(=O)Nc2ccc(N)cc2C)c1. The first-order valence-corrected chi connectivity index (χ1v) is 7.27. The highest BCUT2D eigenvalue weighted by atomic mass is 16.5. The van der Waals surface area contributed by atoms with Crippen LogP contribution in [0.15, 0.2) is 36.4 Å². The molecule has 2 aromatic rings. The van der Waals surface area contributed by atoms with Crippen molar-refractivity contribution in [2.45, 2.75) is 33.8 Å². The number of benzene rings is 2. The summed E-state index contributed by atoms with van der Waals surface area (Å²) in [5.41, 5.74) is 10.2. The highest BCUT2D eigenvalue weighted by Crippen LogP contribution is 2.22. The van der Waals surface area contributed by atoms with E-state index in [1.807, 2.05) is 45.0 Å². The predicted molar refractivity (Wildman–Crippen MR) is 90.2 cm³/mol. The molecule has 1 amide bonds. The number of nitrogens with two attached hydrogens (primary N) is 1. The lowest BCUT2D eigenvalue weighted by Gasteiger charge is -2.17. The Morgan fingerprint density at radius 3 is 2.50 bits per heavy atom. The number of nitrogens with one attached hydrogen (secondary N) is 1. The van der Waals surface area contributed by atoms with Gasteiger partial charge in [0.2, 0.25) is 0 Å². The number of anilines is 2. The lowest BCUT2D eigenvalue weighted by molar-refractivity contribution is -0.122. The van der Waals surface area contributed by atoms with Crippen LogP contribution in [0.3, 0.4) is 0 Å². The van der Waals surface area contributed by atoms with E-state index in [4.69, 9.17) is 10.5 Å². The zero-order valence-corrected chi connectivity index (χ0v) is 13.4. The standard InChI is InChI=1S/C18H22N2O2/c1-11-5-6-12(2)17(9-11)22-14(4)18(21)20-16-8-7-15(19)10-13(16)3/h5-10,14H,19H2,1-4H3,(H,20,21)/t14-/m0/s1. The summed E-state index contributed by atoms with van der Waals surface area (Å²) in [6.45, 7) is 7.60. The molecule has 0 aliphatic rings. The van der Waals surface area contributed by atoms with Gasteiger partial charge in [-0.3, -0.25) is 4.79 Å². The lowest BCUT2D eigenvalue weighted by Crippen LogP contribution is -2.30. The molecule has 2 aromatic carbocycles. The third-order valence-electron chi connectivity index (χ3n) is 3.52. The molecule has 4 heteroatoms. The molecule has 0 spiro atoms. The summed E-state index contributed by atoms with van der Waals surface area (Å²) in [6.07, 6.45) is -0.586. The van der Waals surface area contributed by atoms with E-state index in [0.29, 0.717) is 5.69 Å². The van der Waals surface area contributed by atoms with Crippen molar-refractivity contribution in [2.75, 3.05) is 11.1 Å². The van der Waals surface area contributed by atoms with Crippen LogP contribution in [0.2, 0.25) is 0 Å². The van der Waals surface area contributed by atoms with Crippen molar-refractivity contribution >= 4 is 17.3 Å². The second-order valence-corrected chi connectivity index (χ2v) is 5.59. The summed E-state index contributed by atoms with van der Waals surface area (Å²) in [5.74, 6) is 0.547. The van der Waals surface area contributed by atoms with Crippen LogP contribution in [0.4, 0.5) is 11.4 Å². The van der Waals surface area contributed by atoms with Gasteiger partial charge in [0, 0.05) is 11.4 Å². The number of rotatable bonds is 4. The Hall–Kier alpha value is -2.49. The highest BCUT2D eigenvalue weighted by Gasteiger charge is 2.16. The quantitative estimate of drug-likeness (QED) is 0.848. The van der Waals surface area contributed by atoms with Gasteiger partial charge in [-0.25, -0.2) is 0 Å². The fourth-order valence-corrected chi connectivity index (χ4v) is 2.14. The van der Waals surface area contributed by atoms with Gasteiger partial charge >= 0.3 is 0 Å². The zero-order chi connectivity index (χ0) is 16.3. The minimum Gasteiger partial charge on any atom is -0.481 e. The monoisotopic (exact) mass is 298 g/mol. The Bertz CT molecular complexity index is 695. The van der Waals surface area contributed by atoms with Gasteiger partial charge in [-0.2, -0.15) is 0 Å². The number of amides is 1. The number of carbonyl (C=O) groups is 1. The third kappa shape index (κ3) is 3.79. The molecule has 4 nitrogen and oxygen atoms in total. The Morgan fingerprint density at radius 1 is 1.09 bits per heavy atom. The van der Waals surface area contributed by atoms with Crippen LogP contribution in [0.25, 0.3) is 0 Å². The van der Waals surface area contributed by atoms with Gasteiger partial charge in [-0.05, 0) is 68.7 Å². The summed E-state index contributed by atoms with van der Waals surface area (Å²) in [7, 11) is 0. The summed E-state index contributed by atoms with van der Waals surface area (Å²) in [6, 6.07) is 11.3. The van der Waals surface area contributed by atoms with E-state index in [9.17, 15) is 4.79 Å². The average molecular weight is 298 g/mol. The minimum atomic E-state index is -0.586. The largest absolute Gasteiger partial charge is 0.481 e. The first-order chi connectivity index (χ1) is 10.4. The number of nitrogen functional groups attached to an aromatic ring is 1. The van der Waals surface area contributed by atoms with Crippen molar-refractivity contribution in [2.24, 2.45) is 0 Å². The number of hydrogen-bond donors (Lipinski definition) is 2. The van der Waals surface area contributed by atoms with E-state index in [2.05, 4.69) is 5.32 Å². The molecular formula is C18H22N2O2. The highest BCUT2D eigenvalue weighted by molar-refractivity contribution is 5.95. The van der Waals surface area contributed by atoms with Crippen molar-refractivity contribution in [3.8, 4) is 5.75 Å². The van der Waals surface area contributed by atoms with Crippen LogP contribution in [0.5, 0.6) is 5.75 Å². The molecule has 0 aliphatic heterocycles. The van der Waals surface area contributed by atoms with Crippen molar-refractivity contribution in [3.05, 3.63) is 53.1 Å². The van der Waals surface area contributed by atoms with Gasteiger partial charge in [0.1, 0.15) is 5.75 Å². The van der Waals surface area contributed by atoms with E-state index in [1.54, 1.807) is 19.1 Å². The average Bonchev–Trinajstić information content (AvgIpc) is 2.45. The third-order valence-corrected chi connectivity index (χ3v) is 3.52. The van der Waals surface area contributed by atoms with Crippen LogP contribution in [0, 0.1) is 20.8 Å². The molecule has 1 atom stereocenters. The first-order valence-electron chi connectivity index (χ1n) is 7.27. The smallest absolute Gasteiger partial charge is 0.265 e. The lowest BCUT2D eigenvalue weighted by atomic mass is 10.1. The van der Waals surface area contributed by atoms with E-state index in [1.165, 1.54) is 0 Å². The van der Waals surface area contributed by atoms with Gasteiger partial charge in [0.25, 0.3) is 5.91 Å². The Morgan fingerprint density at radius 2 is 1.82 bits per heavy atom. The molecule has 0 unspecified atom stereocenters. The van der Waals surface area contributed by atoms with Crippen LogP contribution in [-0.4, -0.2) is 12.0 Å². The topological polar surface area (TPSA) is 64.3 Å². The molecule has 116 valence electrons. The molecule has 0 bridgehead atoms. The van der Waals surface area contributed by atoms with Gasteiger partial charge in [-0.1, -0.05) is 12.1 Å². The maximum Gasteiger partial charge on any atom is 0.265 e. The molecule has 0 aliphatic carbocycles. The molecule has 0 saturated heterocycles. The molecule has 0 heterocycles. The van der Waals surface area contributed by atoms with E-state index < -0.39 is 6.10 Å². The second kappa shape index (κ2) is 6.52. The fourth-order valence-electron chi connectivity index (χ4n) is 2.14. The maximum atomic E-state index is 12.3. The van der Waals surface area contributed by atoms with Crippen LogP contribution in [0.1, 0.15) is 23.6 Å². The van der Waals surface area contributed by atoms with Crippen molar-refractivity contribution in [3.63, 3.8) is 0 Å². The molecule has 0 radical (unpaired) electrons. The number of carbonyl (C=O) groups excluding carboxylic acids is 1. The van der Waals surface area contributed by atoms with E-state index in [0.717, 1.165) is 28.1 Å². The molecule has 0 fully saturated rings. The summed E-state index contributed by atoms with van der Waals surface area (Å²) in [5, 5.41) is 2.87. The van der Waals surface area contributed by atoms with Gasteiger partial charge < -0.3 is 15.8 Å². The molecule has 3 N–H and O–H groups in total. The second-order valence-electron chi connectivity index (χ2n) is 5.59. The van der Waals surface area contributed by atoms with Crippen LogP contribution < -0.4 is 15.8 Å². The summed E-state index contributed by atoms with van der Waals surface area (Å²) < 4.78 is 5.79. The predicted octanol–water partition coefficient (Wildman–Crippen LogP) is 3.60. The summed E-state index contributed by atoms with van der Waals surface area (Å²) >= 11 is 0. The Labute approximate surface area is 131 Å².